The smallest absolute Gasteiger partial charge is 0.407 e. The molecule has 0 heterocycles. The van der Waals surface area contributed by atoms with Crippen LogP contribution in [-0.2, 0) is 11.3 Å². The number of alkyl halides is 2. The number of rotatable bonds is 5. The zero-order valence-electron chi connectivity index (χ0n) is 10.5. The summed E-state index contributed by atoms with van der Waals surface area (Å²) in [5, 5.41) is 2.42. The van der Waals surface area contributed by atoms with E-state index in [2.05, 4.69) is 5.32 Å². The minimum atomic E-state index is -2.46. The molecule has 18 heavy (non-hydrogen) atoms. The highest BCUT2D eigenvalue weighted by atomic mass is 19.3. The Labute approximate surface area is 105 Å². The molecule has 0 aliphatic heterocycles. The lowest BCUT2D eigenvalue weighted by Crippen LogP contribution is -2.44. The van der Waals surface area contributed by atoms with Crippen molar-refractivity contribution in [3.8, 4) is 0 Å². The van der Waals surface area contributed by atoms with Crippen LogP contribution < -0.4 is 5.32 Å². The Kier molecular flexibility index (Phi) is 5.07. The average molecular weight is 257 g/mol. The van der Waals surface area contributed by atoms with Crippen LogP contribution in [0.3, 0.4) is 0 Å². The van der Waals surface area contributed by atoms with Crippen LogP contribution in [0.2, 0.25) is 0 Å². The SMILES string of the molecule is CC(C)(CC(F)F)NC(=O)OCc1ccccc1. The van der Waals surface area contributed by atoms with Gasteiger partial charge in [0.05, 0.1) is 0 Å². The number of hydrogen-bond acceptors (Lipinski definition) is 2. The number of carbonyl (C=O) groups excluding carboxylic acids is 1. The van der Waals surface area contributed by atoms with Gasteiger partial charge in [-0.2, -0.15) is 0 Å². The first-order valence-electron chi connectivity index (χ1n) is 5.66. The standard InChI is InChI=1S/C13H17F2NO2/c1-13(2,8-11(14)15)16-12(17)18-9-10-6-4-3-5-7-10/h3-7,11H,8-9H2,1-2H3,(H,16,17). The molecule has 1 amide bonds. The molecular formula is C13H17F2NO2. The molecule has 100 valence electrons. The third kappa shape index (κ3) is 5.61. The van der Waals surface area contributed by atoms with Crippen LogP contribution in [0.25, 0.3) is 0 Å². The molecule has 0 atom stereocenters. The second-order valence-electron chi connectivity index (χ2n) is 4.67. The van der Waals surface area contributed by atoms with Gasteiger partial charge in [0.1, 0.15) is 6.61 Å². The number of halogens is 2. The number of amides is 1. The van der Waals surface area contributed by atoms with E-state index >= 15 is 0 Å². The second-order valence-corrected chi connectivity index (χ2v) is 4.67. The van der Waals surface area contributed by atoms with Crippen molar-refractivity contribution >= 4 is 6.09 Å². The zero-order valence-corrected chi connectivity index (χ0v) is 10.5. The predicted molar refractivity (Wildman–Crippen MR) is 64.5 cm³/mol. The van der Waals surface area contributed by atoms with E-state index in [1.807, 2.05) is 30.3 Å². The first kappa shape index (κ1) is 14.4. The van der Waals surface area contributed by atoms with Gasteiger partial charge in [0.25, 0.3) is 0 Å². The van der Waals surface area contributed by atoms with Crippen LogP contribution in [0, 0.1) is 0 Å². The molecule has 1 N–H and O–H groups in total. The van der Waals surface area contributed by atoms with Gasteiger partial charge in [-0.25, -0.2) is 13.6 Å². The van der Waals surface area contributed by atoms with Crippen molar-refractivity contribution in [2.75, 3.05) is 0 Å². The molecule has 0 saturated carbocycles. The first-order valence-corrected chi connectivity index (χ1v) is 5.66. The van der Waals surface area contributed by atoms with Gasteiger partial charge in [-0.15, -0.1) is 0 Å². The molecule has 5 heteroatoms. The van der Waals surface area contributed by atoms with Gasteiger partial charge in [-0.05, 0) is 19.4 Å². The van der Waals surface area contributed by atoms with E-state index in [4.69, 9.17) is 4.74 Å². The van der Waals surface area contributed by atoms with Gasteiger partial charge in [0.15, 0.2) is 0 Å². The molecule has 0 radical (unpaired) electrons. The lowest BCUT2D eigenvalue weighted by Gasteiger charge is -2.25. The number of carbonyl (C=O) groups is 1. The summed E-state index contributed by atoms with van der Waals surface area (Å²) in [6, 6.07) is 9.15. The van der Waals surface area contributed by atoms with Crippen molar-refractivity contribution in [3.05, 3.63) is 35.9 Å². The third-order valence-electron chi connectivity index (χ3n) is 2.32. The van der Waals surface area contributed by atoms with E-state index in [9.17, 15) is 13.6 Å². The second kappa shape index (κ2) is 6.33. The van der Waals surface area contributed by atoms with Gasteiger partial charge in [0, 0.05) is 12.0 Å². The lowest BCUT2D eigenvalue weighted by atomic mass is 10.0. The van der Waals surface area contributed by atoms with E-state index in [0.717, 1.165) is 5.56 Å². The zero-order chi connectivity index (χ0) is 13.6. The van der Waals surface area contributed by atoms with Crippen molar-refractivity contribution in [3.63, 3.8) is 0 Å². The number of benzene rings is 1. The maximum atomic E-state index is 12.2. The van der Waals surface area contributed by atoms with Crippen LogP contribution in [-0.4, -0.2) is 18.1 Å². The molecule has 0 spiro atoms. The molecular weight excluding hydrogens is 240 g/mol. The molecule has 0 aliphatic carbocycles. The number of alkyl carbamates (subject to hydrolysis) is 1. The topological polar surface area (TPSA) is 38.3 Å². The molecule has 0 fully saturated rings. The van der Waals surface area contributed by atoms with Crippen LogP contribution in [0.4, 0.5) is 13.6 Å². The van der Waals surface area contributed by atoms with Crippen molar-refractivity contribution < 1.29 is 18.3 Å². The summed E-state index contributed by atoms with van der Waals surface area (Å²) in [6.45, 7) is 3.18. The molecule has 0 saturated heterocycles. The Bertz CT molecular complexity index is 380. The Balaban J connectivity index is 2.38. The summed E-state index contributed by atoms with van der Waals surface area (Å²) >= 11 is 0. The normalized spacial score (nSPS) is 11.4. The monoisotopic (exact) mass is 257 g/mol. The quantitative estimate of drug-likeness (QED) is 0.878. The van der Waals surface area contributed by atoms with Crippen molar-refractivity contribution in [2.24, 2.45) is 0 Å². The first-order chi connectivity index (χ1) is 8.39. The minimum absolute atomic E-state index is 0.122. The molecule has 0 aliphatic rings. The number of hydrogen-bond donors (Lipinski definition) is 1. The Morgan fingerprint density at radius 3 is 2.50 bits per heavy atom. The Morgan fingerprint density at radius 2 is 1.94 bits per heavy atom. The molecule has 1 rings (SSSR count). The van der Waals surface area contributed by atoms with E-state index in [1.165, 1.54) is 13.8 Å². The maximum absolute atomic E-state index is 12.2. The highest BCUT2D eigenvalue weighted by Gasteiger charge is 2.25. The minimum Gasteiger partial charge on any atom is -0.445 e. The van der Waals surface area contributed by atoms with E-state index in [-0.39, 0.29) is 6.61 Å². The van der Waals surface area contributed by atoms with Crippen LogP contribution >= 0.6 is 0 Å². The number of nitrogens with one attached hydrogen (secondary N) is 1. The molecule has 0 bridgehead atoms. The van der Waals surface area contributed by atoms with Crippen molar-refractivity contribution in [1.29, 1.82) is 0 Å². The van der Waals surface area contributed by atoms with Crippen molar-refractivity contribution in [1.82, 2.24) is 5.32 Å². The highest BCUT2D eigenvalue weighted by Crippen LogP contribution is 2.15. The largest absolute Gasteiger partial charge is 0.445 e. The van der Waals surface area contributed by atoms with Gasteiger partial charge in [-0.1, -0.05) is 30.3 Å². The molecule has 0 unspecified atom stereocenters. The van der Waals surface area contributed by atoms with Crippen LogP contribution in [0.5, 0.6) is 0 Å². The summed E-state index contributed by atoms with van der Waals surface area (Å²) < 4.78 is 29.4. The molecule has 0 aromatic heterocycles. The maximum Gasteiger partial charge on any atom is 0.407 e. The van der Waals surface area contributed by atoms with Crippen LogP contribution in [0.15, 0.2) is 30.3 Å². The Morgan fingerprint density at radius 1 is 1.33 bits per heavy atom. The van der Waals surface area contributed by atoms with E-state index in [1.54, 1.807) is 0 Å². The van der Waals surface area contributed by atoms with Gasteiger partial charge >= 0.3 is 6.09 Å². The number of ether oxygens (including phenoxy) is 1. The van der Waals surface area contributed by atoms with E-state index in [0.29, 0.717) is 0 Å². The summed E-state index contributed by atoms with van der Waals surface area (Å²) in [4.78, 5) is 11.4. The highest BCUT2D eigenvalue weighted by molar-refractivity contribution is 5.68. The fourth-order valence-corrected chi connectivity index (χ4v) is 1.47. The van der Waals surface area contributed by atoms with Crippen molar-refractivity contribution in [2.45, 2.75) is 38.8 Å². The summed E-state index contributed by atoms with van der Waals surface area (Å²) in [5.74, 6) is 0. The van der Waals surface area contributed by atoms with E-state index < -0.39 is 24.5 Å². The molecule has 1 aromatic carbocycles. The summed E-state index contributed by atoms with van der Waals surface area (Å²) in [5.41, 5.74) is -0.138. The fourth-order valence-electron chi connectivity index (χ4n) is 1.47. The lowest BCUT2D eigenvalue weighted by molar-refractivity contribution is 0.0905. The molecule has 3 nitrogen and oxygen atoms in total. The molecule has 1 aromatic rings. The van der Waals surface area contributed by atoms with Gasteiger partial charge in [-0.3, -0.25) is 0 Å². The average Bonchev–Trinajstić information content (AvgIpc) is 2.25. The summed E-state index contributed by atoms with van der Waals surface area (Å²) in [7, 11) is 0. The van der Waals surface area contributed by atoms with Crippen LogP contribution in [0.1, 0.15) is 25.8 Å². The fraction of sp³-hybridized carbons (Fsp3) is 0.462. The Hall–Kier alpha value is -1.65. The van der Waals surface area contributed by atoms with Gasteiger partial charge < -0.3 is 10.1 Å². The summed E-state index contributed by atoms with van der Waals surface area (Å²) in [6.07, 6.45) is -3.56. The predicted octanol–water partition coefficient (Wildman–Crippen LogP) is 3.35. The third-order valence-corrected chi connectivity index (χ3v) is 2.32. The van der Waals surface area contributed by atoms with Gasteiger partial charge in [0.2, 0.25) is 6.43 Å².